The maximum atomic E-state index is 13.0. The first-order chi connectivity index (χ1) is 19.7. The smallest absolute Gasteiger partial charge is 0.242 e. The molecule has 0 atom stereocenters. The number of ether oxygens (including phenoxy) is 3. The largest absolute Gasteiger partial charge is 0.505 e. The Morgan fingerprint density at radius 2 is 1.73 bits per heavy atom. The average molecular weight is 583 g/mol. The van der Waals surface area contributed by atoms with E-state index in [0.29, 0.717) is 48.9 Å². The van der Waals surface area contributed by atoms with E-state index in [9.17, 15) is 13.5 Å². The number of nitrogens with one attached hydrogen (secondary N) is 2. The first kappa shape index (κ1) is 30.1. The molecule has 41 heavy (non-hydrogen) atoms. The summed E-state index contributed by atoms with van der Waals surface area (Å²) in [6.07, 6.45) is 2.68. The van der Waals surface area contributed by atoms with E-state index < -0.39 is 10.0 Å². The summed E-state index contributed by atoms with van der Waals surface area (Å²) < 4.78 is 44.3. The zero-order chi connectivity index (χ0) is 29.4. The van der Waals surface area contributed by atoms with E-state index in [1.54, 1.807) is 24.3 Å². The standard InChI is InChI=1S/C28H34N6O6S/c1-31-17-21-4-3-20-15-26(21)40-14-13-39-12-11-38-10-9-34(2)41(36,37)22-7-5-19(6-8-22)24-18-32-28(30)27(33-24)25(35)16-23(20)29/h3-8,15-16,18,29,31,35H,9-14,17H2,1-2H3,(H2,30,32)/b25-16-,29-23?. The van der Waals surface area contributed by atoms with E-state index in [0.717, 1.165) is 5.56 Å². The Balaban J connectivity index is 1.69. The van der Waals surface area contributed by atoms with Crippen molar-refractivity contribution in [1.29, 1.82) is 5.41 Å². The first-order valence-corrected chi connectivity index (χ1v) is 14.4. The first-order valence-electron chi connectivity index (χ1n) is 13.0. The van der Waals surface area contributed by atoms with E-state index in [4.69, 9.17) is 25.4 Å². The molecule has 0 saturated heterocycles. The van der Waals surface area contributed by atoms with Crippen LogP contribution in [0.5, 0.6) is 5.75 Å². The topological polar surface area (TPSA) is 173 Å². The number of likely N-dealkylation sites (N-methyl/N-ethyl adjacent to an activating group) is 1. The molecule has 6 bridgehead atoms. The lowest BCUT2D eigenvalue weighted by molar-refractivity contribution is 0.0346. The molecule has 3 aromatic rings. The fourth-order valence-electron chi connectivity index (χ4n) is 4.03. The van der Waals surface area contributed by atoms with Crippen LogP contribution in [0.1, 0.15) is 16.8 Å². The Morgan fingerprint density at radius 3 is 2.46 bits per heavy atom. The zero-order valence-electron chi connectivity index (χ0n) is 23.0. The summed E-state index contributed by atoms with van der Waals surface area (Å²) in [5.41, 5.74) is 8.37. The molecule has 0 saturated carbocycles. The van der Waals surface area contributed by atoms with Crippen LogP contribution in [0.3, 0.4) is 0 Å². The summed E-state index contributed by atoms with van der Waals surface area (Å²) in [5, 5.41) is 22.5. The van der Waals surface area contributed by atoms with Gasteiger partial charge in [-0.15, -0.1) is 0 Å². The van der Waals surface area contributed by atoms with E-state index in [1.807, 2.05) is 13.1 Å². The Bertz CT molecular complexity index is 1510. The van der Waals surface area contributed by atoms with Crippen molar-refractivity contribution in [2.45, 2.75) is 11.4 Å². The summed E-state index contributed by atoms with van der Waals surface area (Å²) >= 11 is 0. The van der Waals surface area contributed by atoms with Gasteiger partial charge in [-0.2, -0.15) is 4.31 Å². The molecule has 0 radical (unpaired) electrons. The molecule has 3 heterocycles. The van der Waals surface area contributed by atoms with Crippen molar-refractivity contribution in [2.75, 3.05) is 59.4 Å². The highest BCUT2D eigenvalue weighted by atomic mass is 32.2. The van der Waals surface area contributed by atoms with Gasteiger partial charge in [0.2, 0.25) is 10.0 Å². The van der Waals surface area contributed by atoms with Crippen molar-refractivity contribution in [3.63, 3.8) is 0 Å². The number of aliphatic hydroxyl groups is 1. The highest BCUT2D eigenvalue weighted by Crippen LogP contribution is 2.26. The Hall–Kier alpha value is -3.88. The molecule has 2 aromatic carbocycles. The van der Waals surface area contributed by atoms with Crippen LogP contribution in [0, 0.1) is 5.41 Å². The number of aliphatic hydroxyl groups excluding tert-OH is 1. The third-order valence-electron chi connectivity index (χ3n) is 6.34. The van der Waals surface area contributed by atoms with Crippen LogP contribution in [0.4, 0.5) is 5.82 Å². The Kier molecular flexibility index (Phi) is 10.0. The number of hydrogen-bond acceptors (Lipinski definition) is 11. The summed E-state index contributed by atoms with van der Waals surface area (Å²) in [6.45, 7) is 2.15. The minimum absolute atomic E-state index is 0.00133. The van der Waals surface area contributed by atoms with E-state index in [1.165, 1.54) is 35.8 Å². The normalized spacial score (nSPS) is 18.6. The summed E-state index contributed by atoms with van der Waals surface area (Å²) in [6, 6.07) is 11.5. The van der Waals surface area contributed by atoms with Crippen molar-refractivity contribution < 1.29 is 27.7 Å². The molecule has 5 N–H and O–H groups in total. The predicted molar refractivity (Wildman–Crippen MR) is 155 cm³/mol. The fourth-order valence-corrected chi connectivity index (χ4v) is 5.19. The maximum absolute atomic E-state index is 13.0. The highest BCUT2D eigenvalue weighted by molar-refractivity contribution is 7.89. The molecule has 2 aliphatic rings. The fraction of sp³-hybridized carbons (Fsp3) is 0.321. The van der Waals surface area contributed by atoms with Crippen molar-refractivity contribution in [3.8, 4) is 17.0 Å². The van der Waals surface area contributed by atoms with Gasteiger partial charge in [-0.1, -0.05) is 24.3 Å². The second-order valence-electron chi connectivity index (χ2n) is 9.21. The third kappa shape index (κ3) is 7.45. The van der Waals surface area contributed by atoms with Gasteiger partial charge in [-0.05, 0) is 25.2 Å². The van der Waals surface area contributed by atoms with Gasteiger partial charge < -0.3 is 35.8 Å². The molecule has 0 fully saturated rings. The summed E-state index contributed by atoms with van der Waals surface area (Å²) in [4.78, 5) is 8.70. The quantitative estimate of drug-likeness (QED) is 0.329. The predicted octanol–water partition coefficient (Wildman–Crippen LogP) is 2.46. The van der Waals surface area contributed by atoms with E-state index in [-0.39, 0.29) is 47.6 Å². The molecule has 12 nitrogen and oxygen atoms in total. The molecule has 0 aliphatic carbocycles. The zero-order valence-corrected chi connectivity index (χ0v) is 23.8. The molecule has 0 spiro atoms. The van der Waals surface area contributed by atoms with Crippen molar-refractivity contribution in [1.82, 2.24) is 19.6 Å². The maximum Gasteiger partial charge on any atom is 0.242 e. The monoisotopic (exact) mass is 582 g/mol. The molecular weight excluding hydrogens is 548 g/mol. The number of rotatable bonds is 2. The number of benzene rings is 2. The van der Waals surface area contributed by atoms with Crippen LogP contribution in [0.15, 0.2) is 59.6 Å². The SMILES string of the molecule is CNCc1ccc2cc1OCCOCCOCCN(C)S(=O)(=O)c1ccc(cc1)-c1cnc(N)c(n1)/C(O)=C/C2=N. The summed E-state index contributed by atoms with van der Waals surface area (Å²) in [5.74, 6) is 0.223. The number of nitrogens with two attached hydrogens (primary N) is 1. The van der Waals surface area contributed by atoms with Gasteiger partial charge in [0, 0.05) is 42.9 Å². The van der Waals surface area contributed by atoms with Gasteiger partial charge in [0.25, 0.3) is 0 Å². The number of anilines is 1. The van der Waals surface area contributed by atoms with Gasteiger partial charge in [0.05, 0.1) is 48.9 Å². The number of aromatic nitrogens is 2. The molecule has 0 unspecified atom stereocenters. The third-order valence-corrected chi connectivity index (χ3v) is 8.21. The molecule has 13 heteroatoms. The van der Waals surface area contributed by atoms with Gasteiger partial charge >= 0.3 is 0 Å². The van der Waals surface area contributed by atoms with Crippen molar-refractivity contribution >= 4 is 27.3 Å². The Morgan fingerprint density at radius 1 is 1.05 bits per heavy atom. The number of nitrogen functional groups attached to an aromatic ring is 1. The highest BCUT2D eigenvalue weighted by Gasteiger charge is 2.21. The van der Waals surface area contributed by atoms with Gasteiger partial charge in [-0.3, -0.25) is 0 Å². The second kappa shape index (κ2) is 13.7. The minimum Gasteiger partial charge on any atom is -0.505 e. The lowest BCUT2D eigenvalue weighted by Crippen LogP contribution is -2.30. The van der Waals surface area contributed by atoms with Crippen LogP contribution in [-0.4, -0.2) is 87.2 Å². The lowest BCUT2D eigenvalue weighted by atomic mass is 10.0. The van der Waals surface area contributed by atoms with Crippen LogP contribution in [-0.2, 0) is 26.0 Å². The van der Waals surface area contributed by atoms with Gasteiger partial charge in [0.1, 0.15) is 23.8 Å². The number of sulfonamides is 1. The lowest BCUT2D eigenvalue weighted by Gasteiger charge is -2.17. The molecule has 0 amide bonds. The average Bonchev–Trinajstić information content (AvgIpc) is 2.96. The van der Waals surface area contributed by atoms with Crippen molar-refractivity contribution in [3.05, 3.63) is 71.6 Å². The molecule has 218 valence electrons. The molecular formula is C28H34N6O6S. The summed E-state index contributed by atoms with van der Waals surface area (Å²) in [7, 11) is -0.421. The van der Waals surface area contributed by atoms with Crippen molar-refractivity contribution in [2.24, 2.45) is 0 Å². The number of nitrogens with zero attached hydrogens (tertiary/aromatic N) is 3. The molecule has 1 aromatic heterocycles. The minimum atomic E-state index is -3.74. The number of fused-ring (bicyclic) bond motifs is 13. The number of hydrogen-bond donors (Lipinski definition) is 4. The molecule has 2 aliphatic heterocycles. The van der Waals surface area contributed by atoms with Gasteiger partial charge in [-0.25, -0.2) is 18.4 Å². The molecule has 5 rings (SSSR count). The van der Waals surface area contributed by atoms with E-state index >= 15 is 0 Å². The number of allylic oxidation sites excluding steroid dienone is 1. The van der Waals surface area contributed by atoms with E-state index in [2.05, 4.69) is 15.3 Å². The second-order valence-corrected chi connectivity index (χ2v) is 11.3. The van der Waals surface area contributed by atoms with Gasteiger partial charge in [0.15, 0.2) is 5.82 Å². The van der Waals surface area contributed by atoms with Crippen LogP contribution in [0.25, 0.3) is 17.0 Å². The van der Waals surface area contributed by atoms with Crippen LogP contribution < -0.4 is 15.8 Å². The van der Waals surface area contributed by atoms with Crippen LogP contribution >= 0.6 is 0 Å². The Labute approximate surface area is 239 Å². The van der Waals surface area contributed by atoms with Crippen LogP contribution in [0.2, 0.25) is 0 Å².